The molecule has 0 spiro atoms. The second-order valence-corrected chi connectivity index (χ2v) is 5.58. The Morgan fingerprint density at radius 1 is 1.04 bits per heavy atom. The van der Waals surface area contributed by atoms with E-state index in [4.69, 9.17) is 9.47 Å². The average molecular weight is 349 g/mol. The summed E-state index contributed by atoms with van der Waals surface area (Å²) in [6.45, 7) is 0.383. The fraction of sp³-hybridized carbons (Fsp3) is 0.150. The van der Waals surface area contributed by atoms with Crippen molar-refractivity contribution >= 4 is 5.91 Å². The maximum atomic E-state index is 12.5. The number of ether oxygens (including phenoxy) is 2. The van der Waals surface area contributed by atoms with Crippen LogP contribution in [0.25, 0.3) is 11.3 Å². The van der Waals surface area contributed by atoms with Crippen molar-refractivity contribution in [3.63, 3.8) is 0 Å². The number of hydrogen-bond donors (Lipinski definition) is 1. The van der Waals surface area contributed by atoms with Crippen molar-refractivity contribution in [1.29, 1.82) is 0 Å². The number of aromatic nitrogens is 2. The molecule has 26 heavy (non-hydrogen) atoms. The molecule has 0 aliphatic rings. The number of nitrogens with zero attached hydrogens (tertiary/aromatic N) is 2. The predicted octanol–water partition coefficient (Wildman–Crippen LogP) is 3.09. The largest absolute Gasteiger partial charge is 0.497 e. The number of carbonyl (C=O) groups is 1. The Morgan fingerprint density at radius 2 is 1.81 bits per heavy atom. The van der Waals surface area contributed by atoms with Crippen LogP contribution in [0.15, 0.2) is 61.1 Å². The molecule has 3 rings (SSSR count). The molecule has 2 heterocycles. The highest BCUT2D eigenvalue weighted by Gasteiger charge is 2.10. The van der Waals surface area contributed by atoms with Crippen LogP contribution in [-0.2, 0) is 6.54 Å². The van der Waals surface area contributed by atoms with Gasteiger partial charge < -0.3 is 14.8 Å². The van der Waals surface area contributed by atoms with Gasteiger partial charge in [-0.1, -0.05) is 0 Å². The highest BCUT2D eigenvalue weighted by atomic mass is 16.5. The molecular formula is C20H19N3O3. The lowest BCUT2D eigenvalue weighted by Crippen LogP contribution is -2.22. The van der Waals surface area contributed by atoms with Gasteiger partial charge in [0.25, 0.3) is 5.91 Å². The quantitative estimate of drug-likeness (QED) is 0.740. The standard InChI is InChI=1S/C20H19N3O3/c1-25-17-9-16(10-18(11-17)26-2)20(24)23-12-14-5-7-22-19(8-14)15-4-3-6-21-13-15/h3-11,13H,12H2,1-2H3,(H,23,24). The van der Waals surface area contributed by atoms with Gasteiger partial charge in [0.2, 0.25) is 0 Å². The Hall–Kier alpha value is -3.41. The summed E-state index contributed by atoms with van der Waals surface area (Å²) in [4.78, 5) is 20.9. The molecule has 0 aliphatic heterocycles. The summed E-state index contributed by atoms with van der Waals surface area (Å²) >= 11 is 0. The maximum absolute atomic E-state index is 12.5. The Morgan fingerprint density at radius 3 is 2.46 bits per heavy atom. The van der Waals surface area contributed by atoms with Gasteiger partial charge in [0.15, 0.2) is 0 Å². The van der Waals surface area contributed by atoms with Crippen LogP contribution in [0, 0.1) is 0 Å². The number of pyridine rings is 2. The molecule has 0 unspecified atom stereocenters. The SMILES string of the molecule is COc1cc(OC)cc(C(=O)NCc2ccnc(-c3cccnc3)c2)c1. The van der Waals surface area contributed by atoms with Gasteiger partial charge in [-0.3, -0.25) is 14.8 Å². The van der Waals surface area contributed by atoms with Crippen LogP contribution in [0.3, 0.4) is 0 Å². The van der Waals surface area contributed by atoms with E-state index in [-0.39, 0.29) is 5.91 Å². The van der Waals surface area contributed by atoms with Crippen LogP contribution in [0.4, 0.5) is 0 Å². The van der Waals surface area contributed by atoms with Crippen molar-refractivity contribution in [2.45, 2.75) is 6.54 Å². The molecule has 0 saturated carbocycles. The van der Waals surface area contributed by atoms with Crippen molar-refractivity contribution < 1.29 is 14.3 Å². The third-order valence-electron chi connectivity index (χ3n) is 3.85. The molecule has 132 valence electrons. The van der Waals surface area contributed by atoms with E-state index >= 15 is 0 Å². The molecule has 1 aromatic carbocycles. The van der Waals surface area contributed by atoms with E-state index in [9.17, 15) is 4.79 Å². The van der Waals surface area contributed by atoms with Crippen LogP contribution >= 0.6 is 0 Å². The second kappa shape index (κ2) is 8.11. The molecule has 1 amide bonds. The lowest BCUT2D eigenvalue weighted by molar-refractivity contribution is 0.0950. The van der Waals surface area contributed by atoms with Crippen LogP contribution in [0.1, 0.15) is 15.9 Å². The highest BCUT2D eigenvalue weighted by molar-refractivity contribution is 5.95. The van der Waals surface area contributed by atoms with E-state index in [1.54, 1.807) is 51.0 Å². The van der Waals surface area contributed by atoms with Gasteiger partial charge in [0.1, 0.15) is 11.5 Å². The summed E-state index contributed by atoms with van der Waals surface area (Å²) < 4.78 is 10.4. The van der Waals surface area contributed by atoms with Gasteiger partial charge in [0, 0.05) is 42.3 Å². The lowest BCUT2D eigenvalue weighted by Gasteiger charge is -2.10. The summed E-state index contributed by atoms with van der Waals surface area (Å²) in [6, 6.07) is 12.7. The minimum absolute atomic E-state index is 0.207. The zero-order chi connectivity index (χ0) is 18.4. The first-order valence-electron chi connectivity index (χ1n) is 8.06. The molecular weight excluding hydrogens is 330 g/mol. The Kier molecular flexibility index (Phi) is 5.43. The monoisotopic (exact) mass is 349 g/mol. The van der Waals surface area contributed by atoms with Crippen molar-refractivity contribution in [2.24, 2.45) is 0 Å². The van der Waals surface area contributed by atoms with E-state index in [1.807, 2.05) is 24.3 Å². The van der Waals surface area contributed by atoms with E-state index in [1.165, 1.54) is 0 Å². The van der Waals surface area contributed by atoms with E-state index in [2.05, 4.69) is 15.3 Å². The molecule has 1 N–H and O–H groups in total. The van der Waals surface area contributed by atoms with Crippen LogP contribution in [-0.4, -0.2) is 30.1 Å². The summed E-state index contributed by atoms with van der Waals surface area (Å²) in [6.07, 6.45) is 5.20. The molecule has 0 fully saturated rings. The molecule has 0 atom stereocenters. The second-order valence-electron chi connectivity index (χ2n) is 5.58. The third-order valence-corrected chi connectivity index (χ3v) is 3.85. The number of nitrogens with one attached hydrogen (secondary N) is 1. The topological polar surface area (TPSA) is 73.3 Å². The molecule has 3 aromatic rings. The lowest BCUT2D eigenvalue weighted by atomic mass is 10.1. The van der Waals surface area contributed by atoms with Gasteiger partial charge >= 0.3 is 0 Å². The molecule has 0 radical (unpaired) electrons. The summed E-state index contributed by atoms with van der Waals surface area (Å²) in [5.74, 6) is 0.927. The van der Waals surface area contributed by atoms with Gasteiger partial charge in [0.05, 0.1) is 19.9 Å². The molecule has 0 bridgehead atoms. The molecule has 0 aliphatic carbocycles. The summed E-state index contributed by atoms with van der Waals surface area (Å²) in [7, 11) is 3.10. The van der Waals surface area contributed by atoms with E-state index in [0.717, 1.165) is 16.8 Å². The average Bonchev–Trinajstić information content (AvgIpc) is 2.72. The first-order chi connectivity index (χ1) is 12.7. The fourth-order valence-corrected chi connectivity index (χ4v) is 2.48. The predicted molar refractivity (Wildman–Crippen MR) is 98.2 cm³/mol. The van der Waals surface area contributed by atoms with Crippen LogP contribution < -0.4 is 14.8 Å². The number of amides is 1. The van der Waals surface area contributed by atoms with Crippen molar-refractivity contribution in [1.82, 2.24) is 15.3 Å². The number of rotatable bonds is 6. The Balaban J connectivity index is 1.72. The number of methoxy groups -OCH3 is 2. The van der Waals surface area contributed by atoms with Gasteiger partial charge in [-0.05, 0) is 42.0 Å². The van der Waals surface area contributed by atoms with Gasteiger partial charge in [-0.25, -0.2) is 0 Å². The fourth-order valence-electron chi connectivity index (χ4n) is 2.48. The molecule has 6 heteroatoms. The molecule has 6 nitrogen and oxygen atoms in total. The summed E-state index contributed by atoms with van der Waals surface area (Å²) in [5, 5.41) is 2.90. The van der Waals surface area contributed by atoms with Gasteiger partial charge in [-0.15, -0.1) is 0 Å². The number of hydrogen-bond acceptors (Lipinski definition) is 5. The van der Waals surface area contributed by atoms with Crippen molar-refractivity contribution in [3.8, 4) is 22.8 Å². The first-order valence-corrected chi connectivity index (χ1v) is 8.06. The van der Waals surface area contributed by atoms with E-state index < -0.39 is 0 Å². The zero-order valence-electron chi connectivity index (χ0n) is 14.6. The normalized spacial score (nSPS) is 10.2. The zero-order valence-corrected chi connectivity index (χ0v) is 14.6. The molecule has 2 aromatic heterocycles. The minimum Gasteiger partial charge on any atom is -0.497 e. The van der Waals surface area contributed by atoms with Gasteiger partial charge in [-0.2, -0.15) is 0 Å². The van der Waals surface area contributed by atoms with Crippen molar-refractivity contribution in [2.75, 3.05) is 14.2 Å². The first kappa shape index (κ1) is 17.4. The number of carbonyl (C=O) groups excluding carboxylic acids is 1. The Labute approximate surface area is 151 Å². The highest BCUT2D eigenvalue weighted by Crippen LogP contribution is 2.22. The smallest absolute Gasteiger partial charge is 0.251 e. The van der Waals surface area contributed by atoms with Crippen LogP contribution in [0.2, 0.25) is 0 Å². The molecule has 0 saturated heterocycles. The van der Waals surface area contributed by atoms with Crippen molar-refractivity contribution in [3.05, 3.63) is 72.2 Å². The minimum atomic E-state index is -0.207. The maximum Gasteiger partial charge on any atom is 0.251 e. The van der Waals surface area contributed by atoms with Crippen LogP contribution in [0.5, 0.6) is 11.5 Å². The number of benzene rings is 1. The summed E-state index contributed by atoms with van der Waals surface area (Å²) in [5.41, 5.74) is 3.16. The Bertz CT molecular complexity index is 876. The van der Waals surface area contributed by atoms with E-state index in [0.29, 0.717) is 23.6 Å². The third kappa shape index (κ3) is 4.16.